The van der Waals surface area contributed by atoms with Crippen molar-refractivity contribution in [3.63, 3.8) is 0 Å². The Labute approximate surface area is 172 Å². The van der Waals surface area contributed by atoms with Gasteiger partial charge in [0.15, 0.2) is 0 Å². The Bertz CT molecular complexity index is 836. The lowest BCUT2D eigenvalue weighted by molar-refractivity contribution is -0.0636. The minimum atomic E-state index is -0.916. The van der Waals surface area contributed by atoms with Crippen LogP contribution in [-0.4, -0.2) is 35.6 Å². The molecule has 0 bridgehead atoms. The van der Waals surface area contributed by atoms with Crippen molar-refractivity contribution < 1.29 is 19.4 Å². The van der Waals surface area contributed by atoms with Crippen molar-refractivity contribution >= 4 is 11.8 Å². The van der Waals surface area contributed by atoms with Gasteiger partial charge in [-0.25, -0.2) is 4.79 Å². The molecule has 0 saturated heterocycles. The number of rotatable bonds is 6. The van der Waals surface area contributed by atoms with E-state index >= 15 is 0 Å². The van der Waals surface area contributed by atoms with E-state index in [4.69, 9.17) is 9.47 Å². The van der Waals surface area contributed by atoms with Crippen LogP contribution >= 0.6 is 0 Å². The van der Waals surface area contributed by atoms with Crippen molar-refractivity contribution in [1.29, 1.82) is 0 Å². The van der Waals surface area contributed by atoms with E-state index in [9.17, 15) is 9.90 Å². The number of ether oxygens (including phenoxy) is 2. The maximum atomic E-state index is 12.4. The van der Waals surface area contributed by atoms with Crippen LogP contribution in [0.25, 0.3) is 0 Å². The van der Waals surface area contributed by atoms with Gasteiger partial charge in [-0.3, -0.25) is 0 Å². The van der Waals surface area contributed by atoms with Crippen molar-refractivity contribution in [2.75, 3.05) is 11.9 Å². The number of benzene rings is 2. The third-order valence-corrected chi connectivity index (χ3v) is 4.95. The van der Waals surface area contributed by atoms with E-state index in [1.807, 2.05) is 48.5 Å². The van der Waals surface area contributed by atoms with Crippen molar-refractivity contribution in [1.82, 2.24) is 5.32 Å². The first-order chi connectivity index (χ1) is 13.8. The Morgan fingerprint density at radius 3 is 2.62 bits per heavy atom. The van der Waals surface area contributed by atoms with Crippen LogP contribution < -0.4 is 15.4 Å². The van der Waals surface area contributed by atoms with E-state index < -0.39 is 23.8 Å². The smallest absolute Gasteiger partial charge is 0.407 e. The zero-order valence-electron chi connectivity index (χ0n) is 17.4. The van der Waals surface area contributed by atoms with Crippen LogP contribution in [0.5, 0.6) is 5.75 Å². The summed E-state index contributed by atoms with van der Waals surface area (Å²) in [6.45, 7) is 7.99. The number of carbonyl (C=O) groups is 1. The van der Waals surface area contributed by atoms with E-state index in [1.54, 1.807) is 13.8 Å². The molecule has 0 saturated carbocycles. The number of carbonyl (C=O) groups excluding carboxylic acids is 1. The van der Waals surface area contributed by atoms with Gasteiger partial charge < -0.3 is 25.2 Å². The van der Waals surface area contributed by atoms with Gasteiger partial charge in [0.05, 0.1) is 12.6 Å². The summed E-state index contributed by atoms with van der Waals surface area (Å²) >= 11 is 0. The molecule has 2 atom stereocenters. The van der Waals surface area contributed by atoms with Gasteiger partial charge in [-0.1, -0.05) is 36.4 Å². The van der Waals surface area contributed by atoms with Crippen molar-refractivity contribution in [3.8, 4) is 5.75 Å². The molecule has 2 aromatic carbocycles. The van der Waals surface area contributed by atoms with E-state index in [-0.39, 0.29) is 12.6 Å². The predicted molar refractivity (Wildman–Crippen MR) is 113 cm³/mol. The maximum Gasteiger partial charge on any atom is 0.407 e. The maximum absolute atomic E-state index is 12.4. The third kappa shape index (κ3) is 5.21. The first-order valence-electron chi connectivity index (χ1n) is 10.0. The largest absolute Gasteiger partial charge is 0.485 e. The molecular weight excluding hydrogens is 368 g/mol. The van der Waals surface area contributed by atoms with Crippen molar-refractivity contribution in [2.45, 2.75) is 57.9 Å². The molecule has 0 fully saturated rings. The highest BCUT2D eigenvalue weighted by molar-refractivity contribution is 5.69. The van der Waals surface area contributed by atoms with E-state index in [0.717, 1.165) is 16.8 Å². The molecule has 1 aliphatic heterocycles. The summed E-state index contributed by atoms with van der Waals surface area (Å²) < 4.78 is 11.4. The molecule has 0 aromatic heterocycles. The summed E-state index contributed by atoms with van der Waals surface area (Å²) in [6, 6.07) is 15.2. The zero-order valence-corrected chi connectivity index (χ0v) is 17.4. The monoisotopic (exact) mass is 398 g/mol. The summed E-state index contributed by atoms with van der Waals surface area (Å²) in [5.41, 5.74) is 1.90. The van der Waals surface area contributed by atoms with E-state index in [2.05, 4.69) is 24.5 Å². The molecule has 0 spiro atoms. The molecule has 3 N–H and O–H groups in total. The Balaban J connectivity index is 1.69. The number of anilines is 1. The van der Waals surface area contributed by atoms with Crippen molar-refractivity contribution in [2.24, 2.45) is 0 Å². The van der Waals surface area contributed by atoms with Crippen LogP contribution in [0.4, 0.5) is 10.5 Å². The number of hydrogen-bond donors (Lipinski definition) is 3. The first kappa shape index (κ1) is 21.0. The van der Waals surface area contributed by atoms with Gasteiger partial charge in [0.25, 0.3) is 0 Å². The molecule has 0 radical (unpaired) electrons. The lowest BCUT2D eigenvalue weighted by Crippen LogP contribution is -2.53. The number of nitrogens with one attached hydrogen (secondary N) is 2. The second-order valence-electron chi connectivity index (χ2n) is 8.20. The van der Waals surface area contributed by atoms with Gasteiger partial charge in [0, 0.05) is 29.8 Å². The van der Waals surface area contributed by atoms with Gasteiger partial charge >= 0.3 is 6.09 Å². The van der Waals surface area contributed by atoms with Crippen LogP contribution in [0.15, 0.2) is 48.5 Å². The summed E-state index contributed by atoms with van der Waals surface area (Å²) in [7, 11) is 0. The highest BCUT2D eigenvalue weighted by Gasteiger charge is 2.43. The molecule has 0 aliphatic carbocycles. The van der Waals surface area contributed by atoms with Gasteiger partial charge in [0.1, 0.15) is 17.5 Å². The van der Waals surface area contributed by atoms with Crippen LogP contribution in [0, 0.1) is 0 Å². The minimum Gasteiger partial charge on any atom is -0.485 e. The normalized spacial score (nSPS) is 19.8. The van der Waals surface area contributed by atoms with Crippen LogP contribution in [0.1, 0.15) is 44.9 Å². The van der Waals surface area contributed by atoms with Crippen LogP contribution in [0.2, 0.25) is 0 Å². The number of aliphatic hydroxyl groups excluding tert-OH is 1. The van der Waals surface area contributed by atoms with E-state index in [0.29, 0.717) is 12.2 Å². The number of amides is 1. The molecule has 2 aromatic rings. The molecule has 1 aliphatic rings. The molecular formula is C23H30N2O4. The second kappa shape index (κ2) is 8.74. The summed E-state index contributed by atoms with van der Waals surface area (Å²) in [5, 5.41) is 17.0. The number of hydrogen-bond acceptors (Lipinski definition) is 5. The Morgan fingerprint density at radius 2 is 1.93 bits per heavy atom. The van der Waals surface area contributed by atoms with E-state index in [1.165, 1.54) is 0 Å². The van der Waals surface area contributed by atoms with Gasteiger partial charge in [-0.05, 0) is 39.3 Å². The molecule has 3 rings (SSSR count). The quantitative estimate of drug-likeness (QED) is 0.684. The molecule has 156 valence electrons. The van der Waals surface area contributed by atoms with Crippen LogP contribution in [-0.2, 0) is 11.2 Å². The van der Waals surface area contributed by atoms with Gasteiger partial charge in [0.2, 0.25) is 0 Å². The number of alkyl carbamates (subject to hydrolysis) is 1. The minimum absolute atomic E-state index is 0.267. The molecule has 1 heterocycles. The second-order valence-corrected chi connectivity index (χ2v) is 8.20. The lowest BCUT2D eigenvalue weighted by Gasteiger charge is -2.42. The van der Waals surface area contributed by atoms with Crippen LogP contribution in [0.3, 0.4) is 0 Å². The summed E-state index contributed by atoms with van der Waals surface area (Å²) in [6.07, 6.45) is -0.838. The summed E-state index contributed by atoms with van der Waals surface area (Å²) in [4.78, 5) is 12.4. The molecule has 2 unspecified atom stereocenters. The topological polar surface area (TPSA) is 79.8 Å². The highest BCUT2D eigenvalue weighted by Crippen LogP contribution is 2.41. The summed E-state index contributed by atoms with van der Waals surface area (Å²) in [5.74, 6) is 0.639. The molecule has 29 heavy (non-hydrogen) atoms. The zero-order chi connectivity index (χ0) is 21.0. The molecule has 1 amide bonds. The Hall–Kier alpha value is -2.73. The lowest BCUT2D eigenvalue weighted by atomic mass is 9.86. The van der Waals surface area contributed by atoms with Gasteiger partial charge in [-0.2, -0.15) is 0 Å². The molecule has 6 nitrogen and oxygen atoms in total. The molecule has 6 heteroatoms. The SMILES string of the molecule is CC(C)Nc1ccc2c(c1)OC(C)(C)C(O)C2NC(=O)OCCc1ccccc1. The number of fused-ring (bicyclic) bond motifs is 1. The fraction of sp³-hybridized carbons (Fsp3) is 0.435. The van der Waals surface area contributed by atoms with Gasteiger partial charge in [-0.15, -0.1) is 0 Å². The Kier molecular flexibility index (Phi) is 6.33. The number of aliphatic hydroxyl groups is 1. The standard InChI is InChI=1S/C23H30N2O4/c1-15(2)24-17-10-11-18-19(14-17)29-23(3,4)21(26)20(18)25-22(27)28-13-12-16-8-6-5-7-9-16/h5-11,14-15,20-21,24,26H,12-13H2,1-4H3,(H,25,27). The Morgan fingerprint density at radius 1 is 1.21 bits per heavy atom. The highest BCUT2D eigenvalue weighted by atomic mass is 16.5. The van der Waals surface area contributed by atoms with Crippen molar-refractivity contribution in [3.05, 3.63) is 59.7 Å². The predicted octanol–water partition coefficient (Wildman–Crippen LogP) is 4.05. The fourth-order valence-electron chi connectivity index (χ4n) is 3.45. The average molecular weight is 399 g/mol. The first-order valence-corrected chi connectivity index (χ1v) is 10.0. The average Bonchev–Trinajstić information content (AvgIpc) is 2.65. The third-order valence-electron chi connectivity index (χ3n) is 4.95. The fourth-order valence-corrected chi connectivity index (χ4v) is 3.45.